The number of aliphatic hydroxyl groups is 1. The Hall–Kier alpha value is -2.04. The summed E-state index contributed by atoms with van der Waals surface area (Å²) in [6.45, 7) is -0.519. The molecule has 1 rings (SSSR count). The first kappa shape index (κ1) is 16.0. The molecule has 1 aromatic rings. The molecule has 20 heavy (non-hydrogen) atoms. The number of rotatable bonds is 7. The number of hydrogen-bond donors (Lipinski definition) is 3. The standard InChI is InChI=1S/C10H12N2O7S/c13-5-4-9(10(14)15)11-20(18,19)8-3-1-2-7(6-8)12(16)17/h1-3,6,9,11,13H,4-5H2,(H,14,15)/t9-/m1/s1. The Morgan fingerprint density at radius 2 is 2.10 bits per heavy atom. The van der Waals surface area contributed by atoms with Crippen molar-refractivity contribution in [1.29, 1.82) is 0 Å². The zero-order chi connectivity index (χ0) is 15.3. The lowest BCUT2D eigenvalue weighted by atomic mass is 10.2. The Bertz CT molecular complexity index is 614. The first-order valence-corrected chi connectivity index (χ1v) is 6.86. The molecule has 0 aliphatic carbocycles. The molecule has 0 aliphatic rings. The molecule has 110 valence electrons. The van der Waals surface area contributed by atoms with Gasteiger partial charge in [-0.1, -0.05) is 6.07 Å². The lowest BCUT2D eigenvalue weighted by molar-refractivity contribution is -0.385. The SMILES string of the molecule is O=C(O)[C@@H](CCO)NS(=O)(=O)c1cccc([N+](=O)[O-])c1. The van der Waals surface area contributed by atoms with Gasteiger partial charge in [-0.25, -0.2) is 8.42 Å². The lowest BCUT2D eigenvalue weighted by Crippen LogP contribution is -2.41. The predicted octanol–water partition coefficient (Wildman–Crippen LogP) is -0.291. The third-order valence-corrected chi connectivity index (χ3v) is 3.82. The van der Waals surface area contributed by atoms with Crippen LogP contribution < -0.4 is 4.72 Å². The number of nitrogens with zero attached hydrogens (tertiary/aromatic N) is 1. The highest BCUT2D eigenvalue weighted by molar-refractivity contribution is 7.89. The number of carboxylic acid groups (broad SMARTS) is 1. The van der Waals surface area contributed by atoms with E-state index < -0.39 is 44.1 Å². The van der Waals surface area contributed by atoms with Gasteiger partial charge in [-0.3, -0.25) is 14.9 Å². The summed E-state index contributed by atoms with van der Waals surface area (Å²) >= 11 is 0. The topological polar surface area (TPSA) is 147 Å². The Kier molecular flexibility index (Phi) is 5.13. The summed E-state index contributed by atoms with van der Waals surface area (Å²) in [6.07, 6.45) is -0.316. The fourth-order valence-corrected chi connectivity index (χ4v) is 2.64. The molecular formula is C10H12N2O7S. The summed E-state index contributed by atoms with van der Waals surface area (Å²) < 4.78 is 25.7. The van der Waals surface area contributed by atoms with Crippen molar-refractivity contribution in [2.45, 2.75) is 17.4 Å². The van der Waals surface area contributed by atoms with E-state index in [0.29, 0.717) is 0 Å². The van der Waals surface area contributed by atoms with Crippen LogP contribution in [-0.4, -0.2) is 42.2 Å². The van der Waals surface area contributed by atoms with Crippen molar-refractivity contribution in [1.82, 2.24) is 4.72 Å². The zero-order valence-corrected chi connectivity index (χ0v) is 10.9. The Morgan fingerprint density at radius 1 is 1.45 bits per heavy atom. The van der Waals surface area contributed by atoms with Crippen molar-refractivity contribution in [2.24, 2.45) is 0 Å². The van der Waals surface area contributed by atoms with Crippen molar-refractivity contribution >= 4 is 21.7 Å². The first-order chi connectivity index (χ1) is 9.27. The van der Waals surface area contributed by atoms with Crippen molar-refractivity contribution in [3.05, 3.63) is 34.4 Å². The number of carboxylic acids is 1. The van der Waals surface area contributed by atoms with Gasteiger partial charge in [0, 0.05) is 18.7 Å². The number of aliphatic hydroxyl groups excluding tert-OH is 1. The fourth-order valence-electron chi connectivity index (χ4n) is 1.38. The highest BCUT2D eigenvalue weighted by Gasteiger charge is 2.25. The third kappa shape index (κ3) is 3.98. The molecular weight excluding hydrogens is 292 g/mol. The second-order valence-corrected chi connectivity index (χ2v) is 5.49. The molecule has 3 N–H and O–H groups in total. The summed E-state index contributed by atoms with van der Waals surface area (Å²) in [7, 11) is -4.23. The molecule has 0 saturated heterocycles. The van der Waals surface area contributed by atoms with Gasteiger partial charge in [0.25, 0.3) is 5.69 Å². The van der Waals surface area contributed by atoms with E-state index in [4.69, 9.17) is 10.2 Å². The van der Waals surface area contributed by atoms with Crippen molar-refractivity contribution < 1.29 is 28.3 Å². The maximum absolute atomic E-state index is 11.9. The molecule has 0 heterocycles. The lowest BCUT2D eigenvalue weighted by Gasteiger charge is -2.13. The van der Waals surface area contributed by atoms with Gasteiger partial charge in [-0.05, 0) is 12.5 Å². The van der Waals surface area contributed by atoms with Crippen LogP contribution >= 0.6 is 0 Å². The summed E-state index contributed by atoms with van der Waals surface area (Å²) in [5.74, 6) is -1.45. The van der Waals surface area contributed by atoms with Gasteiger partial charge in [0.1, 0.15) is 6.04 Å². The average molecular weight is 304 g/mol. The molecule has 0 aromatic heterocycles. The predicted molar refractivity (Wildman–Crippen MR) is 66.5 cm³/mol. The van der Waals surface area contributed by atoms with Gasteiger partial charge in [0.15, 0.2) is 0 Å². The molecule has 0 aliphatic heterocycles. The minimum absolute atomic E-state index is 0.316. The van der Waals surface area contributed by atoms with Gasteiger partial charge in [-0.2, -0.15) is 4.72 Å². The zero-order valence-electron chi connectivity index (χ0n) is 10.1. The number of nitro groups is 1. The Balaban J connectivity index is 3.07. The minimum atomic E-state index is -4.23. The smallest absolute Gasteiger partial charge is 0.321 e. The van der Waals surface area contributed by atoms with Crippen LogP contribution in [0.3, 0.4) is 0 Å². The highest BCUT2D eigenvalue weighted by Crippen LogP contribution is 2.17. The van der Waals surface area contributed by atoms with E-state index in [0.717, 1.165) is 18.2 Å². The molecule has 10 heteroatoms. The number of non-ortho nitro benzene ring substituents is 1. The van der Waals surface area contributed by atoms with Crippen LogP contribution in [0.15, 0.2) is 29.2 Å². The summed E-state index contributed by atoms with van der Waals surface area (Å²) in [5, 5.41) is 28.1. The molecule has 1 atom stereocenters. The average Bonchev–Trinajstić information content (AvgIpc) is 2.38. The summed E-state index contributed by atoms with van der Waals surface area (Å²) in [5.41, 5.74) is -0.429. The largest absolute Gasteiger partial charge is 0.480 e. The number of sulfonamides is 1. The second-order valence-electron chi connectivity index (χ2n) is 3.78. The van der Waals surface area contributed by atoms with E-state index in [-0.39, 0.29) is 6.42 Å². The number of aliphatic carboxylic acids is 1. The molecule has 0 bridgehead atoms. The van der Waals surface area contributed by atoms with Crippen LogP contribution in [-0.2, 0) is 14.8 Å². The van der Waals surface area contributed by atoms with Gasteiger partial charge >= 0.3 is 5.97 Å². The summed E-state index contributed by atoms with van der Waals surface area (Å²) in [4.78, 5) is 20.2. The molecule has 0 saturated carbocycles. The van der Waals surface area contributed by atoms with E-state index in [1.165, 1.54) is 6.07 Å². The van der Waals surface area contributed by atoms with Crippen LogP contribution in [0.1, 0.15) is 6.42 Å². The van der Waals surface area contributed by atoms with Gasteiger partial charge in [0.05, 0.1) is 9.82 Å². The van der Waals surface area contributed by atoms with Gasteiger partial charge in [-0.15, -0.1) is 0 Å². The number of hydrogen-bond acceptors (Lipinski definition) is 6. The molecule has 0 unspecified atom stereocenters. The molecule has 0 amide bonds. The second kappa shape index (κ2) is 6.41. The van der Waals surface area contributed by atoms with Crippen LogP contribution in [0.4, 0.5) is 5.69 Å². The van der Waals surface area contributed by atoms with E-state index in [2.05, 4.69) is 0 Å². The number of carbonyl (C=O) groups is 1. The maximum atomic E-state index is 11.9. The first-order valence-electron chi connectivity index (χ1n) is 5.38. The third-order valence-electron chi connectivity index (χ3n) is 2.35. The minimum Gasteiger partial charge on any atom is -0.480 e. The number of benzene rings is 1. The molecule has 0 spiro atoms. The maximum Gasteiger partial charge on any atom is 0.321 e. The molecule has 1 aromatic carbocycles. The van der Waals surface area contributed by atoms with E-state index in [1.54, 1.807) is 0 Å². The van der Waals surface area contributed by atoms with Crippen LogP contribution in [0.2, 0.25) is 0 Å². The van der Waals surface area contributed by atoms with Crippen molar-refractivity contribution in [2.75, 3.05) is 6.61 Å². The fraction of sp³-hybridized carbons (Fsp3) is 0.300. The van der Waals surface area contributed by atoms with E-state index >= 15 is 0 Å². The van der Waals surface area contributed by atoms with E-state index in [9.17, 15) is 23.3 Å². The Labute approximate surface area is 114 Å². The molecule has 0 fully saturated rings. The monoisotopic (exact) mass is 304 g/mol. The van der Waals surface area contributed by atoms with Gasteiger partial charge in [0.2, 0.25) is 10.0 Å². The van der Waals surface area contributed by atoms with Crippen molar-refractivity contribution in [3.63, 3.8) is 0 Å². The molecule has 0 radical (unpaired) electrons. The normalized spacial score (nSPS) is 12.8. The summed E-state index contributed by atoms with van der Waals surface area (Å²) in [6, 6.07) is 2.70. The van der Waals surface area contributed by atoms with Crippen LogP contribution in [0.5, 0.6) is 0 Å². The quantitative estimate of drug-likeness (QED) is 0.463. The Morgan fingerprint density at radius 3 is 2.60 bits per heavy atom. The van der Waals surface area contributed by atoms with Crippen LogP contribution in [0, 0.1) is 10.1 Å². The highest BCUT2D eigenvalue weighted by atomic mass is 32.2. The van der Waals surface area contributed by atoms with Crippen molar-refractivity contribution in [3.8, 4) is 0 Å². The number of nitrogens with one attached hydrogen (secondary N) is 1. The van der Waals surface area contributed by atoms with Crippen LogP contribution in [0.25, 0.3) is 0 Å². The number of nitro benzene ring substituents is 1. The van der Waals surface area contributed by atoms with E-state index in [1.807, 2.05) is 4.72 Å². The van der Waals surface area contributed by atoms with Gasteiger partial charge < -0.3 is 10.2 Å². The molecule has 9 nitrogen and oxygen atoms in total.